The third-order valence-corrected chi connectivity index (χ3v) is 4.29. The molecule has 0 aliphatic heterocycles. The molecule has 0 spiro atoms. The molecule has 0 bridgehead atoms. The minimum Gasteiger partial charge on any atom is -0.462 e. The lowest BCUT2D eigenvalue weighted by molar-refractivity contribution is -0.158. The molecule has 17 heavy (non-hydrogen) atoms. The first-order chi connectivity index (χ1) is 8.16. The van der Waals surface area contributed by atoms with E-state index < -0.39 is 0 Å². The molecule has 0 amide bonds. The minimum atomic E-state index is -0.0408. The van der Waals surface area contributed by atoms with Gasteiger partial charge in [0.15, 0.2) is 0 Å². The first-order valence-electron chi connectivity index (χ1n) is 7.13. The van der Waals surface area contributed by atoms with Crippen LogP contribution in [0.15, 0.2) is 0 Å². The molecule has 3 nitrogen and oxygen atoms in total. The number of nitrogens with two attached hydrogens (primary N) is 1. The average Bonchev–Trinajstić information content (AvgIpc) is 2.29. The van der Waals surface area contributed by atoms with Crippen molar-refractivity contribution in [2.24, 2.45) is 17.6 Å². The van der Waals surface area contributed by atoms with Gasteiger partial charge in [0.2, 0.25) is 0 Å². The third kappa shape index (κ3) is 3.44. The molecule has 2 fully saturated rings. The second kappa shape index (κ2) is 5.85. The predicted molar refractivity (Wildman–Crippen MR) is 67.4 cm³/mol. The van der Waals surface area contributed by atoms with E-state index in [0.29, 0.717) is 5.92 Å². The van der Waals surface area contributed by atoms with E-state index in [1.54, 1.807) is 0 Å². The van der Waals surface area contributed by atoms with Gasteiger partial charge in [-0.15, -0.1) is 0 Å². The second-order valence-corrected chi connectivity index (χ2v) is 5.89. The minimum absolute atomic E-state index is 0.0252. The van der Waals surface area contributed by atoms with Crippen LogP contribution in [0.3, 0.4) is 0 Å². The SMILES string of the molecule is CC1CCCC(OC(=O)C2CCCCC2N)C1. The van der Waals surface area contributed by atoms with E-state index in [-0.39, 0.29) is 24.0 Å². The number of ether oxygens (including phenoxy) is 1. The van der Waals surface area contributed by atoms with Crippen LogP contribution in [-0.4, -0.2) is 18.1 Å². The van der Waals surface area contributed by atoms with Gasteiger partial charge >= 0.3 is 5.97 Å². The molecule has 0 aromatic heterocycles. The molecule has 2 aliphatic carbocycles. The van der Waals surface area contributed by atoms with Gasteiger partial charge in [0, 0.05) is 6.04 Å². The van der Waals surface area contributed by atoms with Crippen molar-refractivity contribution in [2.45, 2.75) is 70.4 Å². The van der Waals surface area contributed by atoms with E-state index in [0.717, 1.165) is 38.5 Å². The molecule has 0 heterocycles. The largest absolute Gasteiger partial charge is 0.462 e. The Morgan fingerprint density at radius 1 is 1.12 bits per heavy atom. The molecule has 2 aliphatic rings. The molecule has 4 unspecified atom stereocenters. The summed E-state index contributed by atoms with van der Waals surface area (Å²) in [5.41, 5.74) is 6.01. The van der Waals surface area contributed by atoms with Crippen LogP contribution in [-0.2, 0) is 9.53 Å². The van der Waals surface area contributed by atoms with Crippen LogP contribution < -0.4 is 5.73 Å². The summed E-state index contributed by atoms with van der Waals surface area (Å²) in [7, 11) is 0. The zero-order chi connectivity index (χ0) is 12.3. The standard InChI is InChI=1S/C14H25NO2/c1-10-5-4-6-11(9-10)17-14(16)12-7-2-3-8-13(12)15/h10-13H,2-9,15H2,1H3. The highest BCUT2D eigenvalue weighted by molar-refractivity contribution is 5.73. The zero-order valence-corrected chi connectivity index (χ0v) is 10.9. The van der Waals surface area contributed by atoms with Gasteiger partial charge in [0.05, 0.1) is 5.92 Å². The monoisotopic (exact) mass is 239 g/mol. The average molecular weight is 239 g/mol. The summed E-state index contributed by atoms with van der Waals surface area (Å²) < 4.78 is 5.65. The fourth-order valence-corrected chi connectivity index (χ4v) is 3.19. The molecule has 0 radical (unpaired) electrons. The van der Waals surface area contributed by atoms with Crippen molar-refractivity contribution in [1.29, 1.82) is 0 Å². The lowest BCUT2D eigenvalue weighted by Crippen LogP contribution is -2.40. The van der Waals surface area contributed by atoms with Crippen molar-refractivity contribution < 1.29 is 9.53 Å². The fraction of sp³-hybridized carbons (Fsp3) is 0.929. The Hall–Kier alpha value is -0.570. The lowest BCUT2D eigenvalue weighted by atomic mass is 9.84. The zero-order valence-electron chi connectivity index (χ0n) is 10.9. The summed E-state index contributed by atoms with van der Waals surface area (Å²) in [6.45, 7) is 2.24. The number of esters is 1. The summed E-state index contributed by atoms with van der Waals surface area (Å²) in [5, 5.41) is 0. The van der Waals surface area contributed by atoms with E-state index >= 15 is 0 Å². The molecular weight excluding hydrogens is 214 g/mol. The van der Waals surface area contributed by atoms with Crippen molar-refractivity contribution in [3.8, 4) is 0 Å². The van der Waals surface area contributed by atoms with E-state index in [4.69, 9.17) is 10.5 Å². The van der Waals surface area contributed by atoms with Gasteiger partial charge in [-0.1, -0.05) is 26.2 Å². The Balaban J connectivity index is 1.83. The van der Waals surface area contributed by atoms with Crippen molar-refractivity contribution in [3.05, 3.63) is 0 Å². The number of hydrogen-bond donors (Lipinski definition) is 1. The van der Waals surface area contributed by atoms with E-state index in [9.17, 15) is 4.79 Å². The van der Waals surface area contributed by atoms with Crippen LogP contribution in [0.5, 0.6) is 0 Å². The summed E-state index contributed by atoms with van der Waals surface area (Å²) in [6, 6.07) is 0.0252. The van der Waals surface area contributed by atoms with Crippen LogP contribution in [0.4, 0.5) is 0 Å². The third-order valence-electron chi connectivity index (χ3n) is 4.29. The fourth-order valence-electron chi connectivity index (χ4n) is 3.19. The molecule has 98 valence electrons. The Bertz CT molecular complexity index is 267. The maximum Gasteiger partial charge on any atom is 0.310 e. The Kier molecular flexibility index (Phi) is 4.43. The highest BCUT2D eigenvalue weighted by atomic mass is 16.5. The molecule has 2 N–H and O–H groups in total. The molecule has 0 aromatic carbocycles. The molecule has 2 rings (SSSR count). The van der Waals surface area contributed by atoms with Gasteiger partial charge < -0.3 is 10.5 Å². The van der Waals surface area contributed by atoms with Crippen LogP contribution >= 0.6 is 0 Å². The predicted octanol–water partition coefficient (Wildman–Crippen LogP) is 2.63. The van der Waals surface area contributed by atoms with Crippen molar-refractivity contribution in [1.82, 2.24) is 0 Å². The van der Waals surface area contributed by atoms with Gasteiger partial charge in [-0.3, -0.25) is 4.79 Å². The molecule has 0 saturated heterocycles. The lowest BCUT2D eigenvalue weighted by Gasteiger charge is -2.31. The molecular formula is C14H25NO2. The second-order valence-electron chi connectivity index (χ2n) is 5.89. The van der Waals surface area contributed by atoms with Crippen LogP contribution in [0.1, 0.15) is 58.3 Å². The number of carbonyl (C=O) groups is 1. The number of rotatable bonds is 2. The van der Waals surface area contributed by atoms with Crippen molar-refractivity contribution >= 4 is 5.97 Å². The Morgan fingerprint density at radius 2 is 1.88 bits per heavy atom. The van der Waals surface area contributed by atoms with Gasteiger partial charge in [-0.25, -0.2) is 0 Å². The smallest absolute Gasteiger partial charge is 0.310 e. The highest BCUT2D eigenvalue weighted by Gasteiger charge is 2.32. The molecule has 3 heteroatoms. The van der Waals surface area contributed by atoms with Gasteiger partial charge in [-0.05, 0) is 38.0 Å². The van der Waals surface area contributed by atoms with Crippen LogP contribution in [0, 0.1) is 11.8 Å². The number of hydrogen-bond acceptors (Lipinski definition) is 3. The van der Waals surface area contributed by atoms with Gasteiger partial charge in [0.1, 0.15) is 6.10 Å². The van der Waals surface area contributed by atoms with Gasteiger partial charge in [-0.2, -0.15) is 0 Å². The van der Waals surface area contributed by atoms with Gasteiger partial charge in [0.25, 0.3) is 0 Å². The Labute approximate surface area is 104 Å². The first-order valence-corrected chi connectivity index (χ1v) is 7.13. The highest BCUT2D eigenvalue weighted by Crippen LogP contribution is 2.29. The van der Waals surface area contributed by atoms with E-state index in [1.165, 1.54) is 12.8 Å². The maximum atomic E-state index is 12.1. The number of carbonyl (C=O) groups excluding carboxylic acids is 1. The Morgan fingerprint density at radius 3 is 2.59 bits per heavy atom. The summed E-state index contributed by atoms with van der Waals surface area (Å²) in [6.07, 6.45) is 8.86. The normalized spacial score (nSPS) is 38.7. The van der Waals surface area contributed by atoms with E-state index in [2.05, 4.69) is 6.92 Å². The summed E-state index contributed by atoms with van der Waals surface area (Å²) in [4.78, 5) is 12.1. The first kappa shape index (κ1) is 12.9. The van der Waals surface area contributed by atoms with E-state index in [1.807, 2.05) is 0 Å². The molecule has 0 aromatic rings. The van der Waals surface area contributed by atoms with Crippen LogP contribution in [0.2, 0.25) is 0 Å². The summed E-state index contributed by atoms with van der Waals surface area (Å²) >= 11 is 0. The maximum absolute atomic E-state index is 12.1. The summed E-state index contributed by atoms with van der Waals surface area (Å²) in [5.74, 6) is 0.624. The molecule has 2 saturated carbocycles. The van der Waals surface area contributed by atoms with Crippen molar-refractivity contribution in [3.63, 3.8) is 0 Å². The quantitative estimate of drug-likeness (QED) is 0.754. The van der Waals surface area contributed by atoms with Crippen LogP contribution in [0.25, 0.3) is 0 Å². The van der Waals surface area contributed by atoms with Crippen molar-refractivity contribution in [2.75, 3.05) is 0 Å². The topological polar surface area (TPSA) is 52.3 Å². The molecule has 4 atom stereocenters.